The van der Waals surface area contributed by atoms with Crippen molar-refractivity contribution in [2.75, 3.05) is 5.32 Å². The van der Waals surface area contributed by atoms with E-state index in [1.54, 1.807) is 6.92 Å². The van der Waals surface area contributed by atoms with Crippen LogP contribution in [-0.2, 0) is 21.8 Å². The molecule has 1 aromatic rings. The third-order valence-electron chi connectivity index (χ3n) is 3.32. The molecule has 2 atom stereocenters. The molecule has 4 nitrogen and oxygen atoms in total. The molecule has 1 aromatic heterocycles. The summed E-state index contributed by atoms with van der Waals surface area (Å²) >= 11 is 0. The summed E-state index contributed by atoms with van der Waals surface area (Å²) in [5.74, 6) is -0.550. The second-order valence-corrected chi connectivity index (χ2v) is 7.83. The van der Waals surface area contributed by atoms with E-state index in [4.69, 9.17) is 0 Å². The first kappa shape index (κ1) is 18.6. The minimum atomic E-state index is -4.48. The fourth-order valence-corrected chi connectivity index (χ4v) is 3.19. The topological polar surface area (TPSA) is 59.1 Å². The number of aromatic nitrogens is 1. The highest BCUT2D eigenvalue weighted by atomic mass is 32.2. The van der Waals surface area contributed by atoms with Crippen LogP contribution in [0.5, 0.6) is 0 Å². The molecule has 0 radical (unpaired) electrons. The summed E-state index contributed by atoms with van der Waals surface area (Å²) in [5.41, 5.74) is -0.895. The largest absolute Gasteiger partial charge is 0.417 e. The summed E-state index contributed by atoms with van der Waals surface area (Å²) in [6.45, 7) is 6.72. The van der Waals surface area contributed by atoms with Gasteiger partial charge in [0.1, 0.15) is 10.6 Å². The molecule has 0 bridgehead atoms. The monoisotopic (exact) mass is 336 g/mol. The van der Waals surface area contributed by atoms with Crippen molar-refractivity contribution >= 4 is 22.5 Å². The van der Waals surface area contributed by atoms with E-state index in [9.17, 15) is 22.2 Å². The normalized spacial score (nSPS) is 15.2. The van der Waals surface area contributed by atoms with E-state index in [1.807, 2.05) is 6.92 Å². The van der Waals surface area contributed by atoms with Crippen LogP contribution in [0.3, 0.4) is 0 Å². The van der Waals surface area contributed by atoms with Crippen LogP contribution in [0.4, 0.5) is 19.0 Å². The van der Waals surface area contributed by atoms with Crippen molar-refractivity contribution in [1.82, 2.24) is 4.98 Å². The molecular weight excluding hydrogens is 317 g/mol. The smallest absolute Gasteiger partial charge is 0.309 e. The lowest BCUT2D eigenvalue weighted by molar-refractivity contribution is -0.137. The maximum Gasteiger partial charge on any atom is 0.417 e. The van der Waals surface area contributed by atoms with Crippen molar-refractivity contribution in [3.63, 3.8) is 0 Å². The molecule has 1 rings (SSSR count). The number of halogens is 3. The fraction of sp³-hybridized carbons (Fsp3) is 0.571. The second-order valence-electron chi connectivity index (χ2n) is 5.41. The van der Waals surface area contributed by atoms with Crippen molar-refractivity contribution < 1.29 is 22.2 Å². The number of amides is 1. The third-order valence-corrected chi connectivity index (χ3v) is 5.58. The molecule has 0 fully saturated rings. The molecule has 8 heteroatoms. The van der Waals surface area contributed by atoms with Gasteiger partial charge >= 0.3 is 6.18 Å². The number of hydrogen-bond donors (Lipinski definition) is 1. The van der Waals surface area contributed by atoms with Crippen LogP contribution in [0.1, 0.15) is 39.7 Å². The van der Waals surface area contributed by atoms with E-state index in [0.29, 0.717) is 12.6 Å². The highest BCUT2D eigenvalue weighted by molar-refractivity contribution is 7.87. The van der Waals surface area contributed by atoms with Gasteiger partial charge in [0.15, 0.2) is 0 Å². The number of rotatable bonds is 5. The molecular formula is C14H19F3N2O2S. The standard InChI is InChI=1S/C14H19F3N2O2S/c1-5-9(2)22(21)13(3,4)12(20)19-11-7-6-10(8-18-11)14(15,16)17/h6-9H,5H2,1-4H3,(H,18,19,20). The Balaban J connectivity index is 2.86. The maximum atomic E-state index is 12.4. The first-order valence-corrected chi connectivity index (χ1v) is 7.96. The van der Waals surface area contributed by atoms with E-state index < -0.39 is 33.2 Å². The Morgan fingerprint density at radius 1 is 1.36 bits per heavy atom. The van der Waals surface area contributed by atoms with E-state index in [2.05, 4.69) is 10.3 Å². The summed E-state index contributed by atoms with van der Waals surface area (Å²) in [4.78, 5) is 15.8. The Labute approximate surface area is 130 Å². The second kappa shape index (κ2) is 6.76. The molecule has 0 saturated heterocycles. The molecule has 22 heavy (non-hydrogen) atoms. The third kappa shape index (κ3) is 4.28. The van der Waals surface area contributed by atoms with Gasteiger partial charge in [-0.25, -0.2) is 4.98 Å². The summed E-state index contributed by atoms with van der Waals surface area (Å²) in [5, 5.41) is 2.24. The Morgan fingerprint density at radius 2 is 1.95 bits per heavy atom. The van der Waals surface area contributed by atoms with Crippen molar-refractivity contribution in [2.45, 2.75) is 50.3 Å². The summed E-state index contributed by atoms with van der Waals surface area (Å²) < 4.78 is 48.4. The van der Waals surface area contributed by atoms with Gasteiger partial charge in [0, 0.05) is 22.2 Å². The molecule has 0 saturated carbocycles. The first-order chi connectivity index (χ1) is 10.00. The predicted octanol–water partition coefficient (Wildman–Crippen LogP) is 3.36. The van der Waals surface area contributed by atoms with E-state index in [1.165, 1.54) is 13.8 Å². The van der Waals surface area contributed by atoms with E-state index in [0.717, 1.165) is 12.1 Å². The summed E-state index contributed by atoms with van der Waals surface area (Å²) in [6, 6.07) is 1.91. The number of nitrogens with zero attached hydrogens (tertiary/aromatic N) is 1. The zero-order valence-electron chi connectivity index (χ0n) is 12.8. The number of carbonyl (C=O) groups excluding carboxylic acids is 1. The van der Waals surface area contributed by atoms with Gasteiger partial charge in [0.25, 0.3) is 0 Å². The Morgan fingerprint density at radius 3 is 2.36 bits per heavy atom. The van der Waals surface area contributed by atoms with Crippen molar-refractivity contribution in [2.24, 2.45) is 0 Å². The van der Waals surface area contributed by atoms with E-state index in [-0.39, 0.29) is 11.1 Å². The van der Waals surface area contributed by atoms with Gasteiger partial charge in [-0.2, -0.15) is 13.2 Å². The average molecular weight is 336 g/mol. The van der Waals surface area contributed by atoms with Gasteiger partial charge in [-0.15, -0.1) is 0 Å². The molecule has 0 aliphatic carbocycles. The molecule has 0 aromatic carbocycles. The molecule has 1 amide bonds. The van der Waals surface area contributed by atoms with Crippen molar-refractivity contribution in [3.05, 3.63) is 23.9 Å². The van der Waals surface area contributed by atoms with Crippen LogP contribution < -0.4 is 5.32 Å². The van der Waals surface area contributed by atoms with Crippen LogP contribution >= 0.6 is 0 Å². The number of alkyl halides is 3. The Hall–Kier alpha value is -1.44. The summed E-state index contributed by atoms with van der Waals surface area (Å²) in [6.07, 6.45) is -3.18. The minimum Gasteiger partial charge on any atom is -0.309 e. The van der Waals surface area contributed by atoms with Crippen molar-refractivity contribution in [1.29, 1.82) is 0 Å². The van der Waals surface area contributed by atoms with Gasteiger partial charge in [0.2, 0.25) is 5.91 Å². The minimum absolute atomic E-state index is 0.00720. The predicted molar refractivity (Wildman–Crippen MR) is 79.8 cm³/mol. The number of nitrogens with one attached hydrogen (secondary N) is 1. The van der Waals surface area contributed by atoms with Gasteiger partial charge in [0.05, 0.1) is 5.56 Å². The number of hydrogen-bond acceptors (Lipinski definition) is 3. The van der Waals surface area contributed by atoms with Gasteiger partial charge in [-0.05, 0) is 32.4 Å². The molecule has 0 aliphatic heterocycles. The lowest BCUT2D eigenvalue weighted by Gasteiger charge is -2.25. The number of pyridine rings is 1. The van der Waals surface area contributed by atoms with E-state index >= 15 is 0 Å². The van der Waals surface area contributed by atoms with Crippen molar-refractivity contribution in [3.8, 4) is 0 Å². The molecule has 1 N–H and O–H groups in total. The molecule has 0 aliphatic rings. The Kier molecular flexibility index (Phi) is 5.72. The first-order valence-electron chi connectivity index (χ1n) is 6.75. The van der Waals surface area contributed by atoms with Crippen LogP contribution in [-0.4, -0.2) is 25.1 Å². The molecule has 124 valence electrons. The highest BCUT2D eigenvalue weighted by Gasteiger charge is 2.37. The van der Waals surface area contributed by atoms with Gasteiger partial charge in [-0.3, -0.25) is 9.00 Å². The fourth-order valence-electron chi connectivity index (χ4n) is 1.65. The quantitative estimate of drug-likeness (QED) is 0.897. The summed E-state index contributed by atoms with van der Waals surface area (Å²) in [7, 11) is -1.42. The number of carbonyl (C=O) groups is 1. The zero-order valence-corrected chi connectivity index (χ0v) is 13.6. The molecule has 1 heterocycles. The zero-order chi connectivity index (χ0) is 17.1. The Bertz CT molecular complexity index is 556. The van der Waals surface area contributed by atoms with Gasteiger partial charge < -0.3 is 5.32 Å². The lowest BCUT2D eigenvalue weighted by Crippen LogP contribution is -2.44. The van der Waals surface area contributed by atoms with Crippen LogP contribution in [0.25, 0.3) is 0 Å². The van der Waals surface area contributed by atoms with Crippen LogP contribution in [0.15, 0.2) is 18.3 Å². The van der Waals surface area contributed by atoms with Crippen LogP contribution in [0.2, 0.25) is 0 Å². The average Bonchev–Trinajstić information content (AvgIpc) is 2.45. The number of anilines is 1. The highest BCUT2D eigenvalue weighted by Crippen LogP contribution is 2.29. The molecule has 2 unspecified atom stereocenters. The maximum absolute atomic E-state index is 12.4. The SMILES string of the molecule is CCC(C)S(=O)C(C)(C)C(=O)Nc1ccc(C(F)(F)F)cn1. The van der Waals surface area contributed by atoms with Gasteiger partial charge in [-0.1, -0.05) is 13.8 Å². The lowest BCUT2D eigenvalue weighted by atomic mass is 10.2. The molecule has 0 spiro atoms. The van der Waals surface area contributed by atoms with Crippen LogP contribution in [0, 0.1) is 0 Å².